The van der Waals surface area contributed by atoms with Crippen molar-refractivity contribution in [3.63, 3.8) is 0 Å². The van der Waals surface area contributed by atoms with Crippen molar-refractivity contribution >= 4 is 17.6 Å². The van der Waals surface area contributed by atoms with E-state index in [1.807, 2.05) is 128 Å². The highest BCUT2D eigenvalue weighted by Gasteiger charge is 2.63. The van der Waals surface area contributed by atoms with Gasteiger partial charge in [0.2, 0.25) is 0 Å². The van der Waals surface area contributed by atoms with Crippen molar-refractivity contribution in [3.8, 4) is 0 Å². The number of hydrogen-bond acceptors (Lipinski definition) is 8. The summed E-state index contributed by atoms with van der Waals surface area (Å²) in [4.78, 5) is 14.4. The molecule has 0 spiro atoms. The molecule has 0 bridgehead atoms. The Hall–Kier alpha value is -3.01. The molecule has 0 amide bonds. The summed E-state index contributed by atoms with van der Waals surface area (Å²) in [5.41, 5.74) is 0.114. The first-order chi connectivity index (χ1) is 25.2. The van der Waals surface area contributed by atoms with Crippen molar-refractivity contribution in [2.24, 2.45) is 0 Å². The molecule has 8 nitrogen and oxygen atoms in total. The summed E-state index contributed by atoms with van der Waals surface area (Å²) < 4.78 is 40.1. The third-order valence-corrected chi connectivity index (χ3v) is 16.6. The van der Waals surface area contributed by atoms with Gasteiger partial charge >= 0.3 is 17.6 Å². The molecule has 52 heavy (non-hydrogen) atoms. The van der Waals surface area contributed by atoms with Gasteiger partial charge in [-0.25, -0.2) is 9.78 Å². The third-order valence-electron chi connectivity index (χ3n) is 9.23. The fourth-order valence-electron chi connectivity index (χ4n) is 7.20. The Kier molecular flexibility index (Phi) is 16.0. The Bertz CT molecular complexity index is 1410. The van der Waals surface area contributed by atoms with Crippen molar-refractivity contribution in [1.82, 2.24) is 0 Å². The Balaban J connectivity index is 2.05. The van der Waals surface area contributed by atoms with Gasteiger partial charge in [0.05, 0.1) is 11.1 Å². The summed E-state index contributed by atoms with van der Waals surface area (Å²) in [5.74, 6) is 0. The fourth-order valence-corrected chi connectivity index (χ4v) is 14.1. The second kappa shape index (κ2) is 19.9. The van der Waals surface area contributed by atoms with Gasteiger partial charge in [0, 0.05) is 39.6 Å². The lowest BCUT2D eigenvalue weighted by Crippen LogP contribution is -2.61. The summed E-state index contributed by atoms with van der Waals surface area (Å²) in [6.07, 6.45) is 0. The minimum absolute atomic E-state index is 0.393. The van der Waals surface area contributed by atoms with Crippen LogP contribution in [0.15, 0.2) is 121 Å². The first kappa shape index (κ1) is 41.7. The van der Waals surface area contributed by atoms with Gasteiger partial charge in [-0.2, -0.15) is 0 Å². The Morgan fingerprint density at radius 2 is 0.615 bits per heavy atom. The normalized spacial score (nSPS) is 15.8. The number of rotatable bonds is 23. The molecule has 0 saturated carbocycles. The molecule has 0 aliphatic rings. The van der Waals surface area contributed by atoms with E-state index in [0.29, 0.717) is 39.6 Å². The van der Waals surface area contributed by atoms with Crippen LogP contribution in [0.4, 0.5) is 0 Å². The van der Waals surface area contributed by atoms with Crippen LogP contribution in [0.1, 0.15) is 88.7 Å². The van der Waals surface area contributed by atoms with E-state index in [-0.39, 0.29) is 0 Å². The zero-order valence-corrected chi connectivity index (χ0v) is 34.2. The van der Waals surface area contributed by atoms with Crippen molar-refractivity contribution in [2.45, 2.75) is 77.7 Å². The lowest BCUT2D eigenvalue weighted by molar-refractivity contribution is -0.422. The monoisotopic (exact) mass is 746 g/mol. The molecule has 4 unspecified atom stereocenters. The average molecular weight is 747 g/mol. The number of hydrogen-bond donors (Lipinski definition) is 0. The smallest absolute Gasteiger partial charge is 0.373 e. The van der Waals surface area contributed by atoms with E-state index in [1.165, 1.54) is 0 Å². The van der Waals surface area contributed by atoms with Gasteiger partial charge in [0.15, 0.2) is 0 Å². The lowest BCUT2D eigenvalue weighted by atomic mass is 9.87. The van der Waals surface area contributed by atoms with Crippen molar-refractivity contribution in [3.05, 3.63) is 144 Å². The molecule has 0 fully saturated rings. The molecule has 282 valence electrons. The maximum absolute atomic E-state index is 7.18. The predicted molar refractivity (Wildman–Crippen MR) is 209 cm³/mol. The van der Waals surface area contributed by atoms with Gasteiger partial charge in [-0.15, -0.1) is 0 Å². The fraction of sp³-hybridized carbons (Fsp3) is 0.429. The first-order valence-corrected chi connectivity index (χ1v) is 22.3. The first-order valence-electron chi connectivity index (χ1n) is 18.6. The van der Waals surface area contributed by atoms with Crippen LogP contribution in [0.5, 0.6) is 0 Å². The molecule has 0 radical (unpaired) electrons. The summed E-state index contributed by atoms with van der Waals surface area (Å²) >= 11 is 0. The van der Waals surface area contributed by atoms with E-state index >= 15 is 0 Å². The van der Waals surface area contributed by atoms with Crippen LogP contribution in [0.25, 0.3) is 0 Å². The highest BCUT2D eigenvalue weighted by Crippen LogP contribution is 2.52. The minimum atomic E-state index is -3.60. The van der Waals surface area contributed by atoms with Crippen molar-refractivity contribution < 1.29 is 36.3 Å². The van der Waals surface area contributed by atoms with Crippen LogP contribution < -0.4 is 0 Å². The Labute approximate surface area is 314 Å². The zero-order chi connectivity index (χ0) is 37.5. The number of benzene rings is 4. The van der Waals surface area contributed by atoms with Crippen LogP contribution in [-0.2, 0) is 47.5 Å². The van der Waals surface area contributed by atoms with E-state index in [9.17, 15) is 0 Å². The highest BCUT2D eigenvalue weighted by atomic mass is 28.4. The molecule has 4 aromatic carbocycles. The molecule has 0 heterocycles. The van der Waals surface area contributed by atoms with Crippen LogP contribution >= 0.6 is 0 Å². The standard InChI is InChI=1S/C42H58O8Si2/c1-9-43-51(44-10-2,45-11-3)39(35-27-19-15-20-28-35)41(7,37-31-23-17-24-32-37)49-50-42(8,38-33-25-18-26-34-38)40(36-29-21-16-22-30-36)52(46-12-4,47-13-5)48-14-6/h15-34,39-40H,9-14H2,1-8H3. The van der Waals surface area contributed by atoms with Crippen molar-refractivity contribution in [2.75, 3.05) is 39.6 Å². The molecule has 0 aliphatic heterocycles. The van der Waals surface area contributed by atoms with Gasteiger partial charge in [0.1, 0.15) is 11.2 Å². The van der Waals surface area contributed by atoms with Crippen LogP contribution in [0.2, 0.25) is 0 Å². The summed E-state index contributed by atoms with van der Waals surface area (Å²) in [5, 5.41) is 0. The van der Waals surface area contributed by atoms with Gasteiger partial charge < -0.3 is 26.6 Å². The SMILES string of the molecule is CCO[Si](OCC)(OCC)C(c1ccccc1)C(C)(OOC(C)(c1ccccc1)C(c1ccccc1)[Si](OCC)(OCC)OCC)c1ccccc1. The largest absolute Gasteiger partial charge is 0.512 e. The average Bonchev–Trinajstić information content (AvgIpc) is 3.16. The second-order valence-corrected chi connectivity index (χ2v) is 17.9. The molecule has 0 N–H and O–H groups in total. The van der Waals surface area contributed by atoms with Gasteiger partial charge in [0.25, 0.3) is 0 Å². The van der Waals surface area contributed by atoms with Gasteiger partial charge in [-0.3, -0.25) is 0 Å². The van der Waals surface area contributed by atoms with Crippen LogP contribution in [0, 0.1) is 0 Å². The molecule has 4 atom stereocenters. The molecule has 0 aliphatic carbocycles. The third kappa shape index (κ3) is 9.19. The van der Waals surface area contributed by atoms with E-state index in [0.717, 1.165) is 22.3 Å². The predicted octanol–water partition coefficient (Wildman–Crippen LogP) is 9.51. The molecule has 0 saturated heterocycles. The van der Waals surface area contributed by atoms with Crippen LogP contribution in [-0.4, -0.2) is 57.3 Å². The highest BCUT2D eigenvalue weighted by molar-refractivity contribution is 6.63. The Morgan fingerprint density at radius 1 is 0.385 bits per heavy atom. The van der Waals surface area contributed by atoms with E-state index in [4.69, 9.17) is 36.3 Å². The maximum Gasteiger partial charge on any atom is 0.512 e. The molecular formula is C42H58O8Si2. The molecule has 0 aromatic heterocycles. The topological polar surface area (TPSA) is 73.8 Å². The molecule has 4 aromatic rings. The zero-order valence-electron chi connectivity index (χ0n) is 32.2. The van der Waals surface area contributed by atoms with Crippen molar-refractivity contribution in [1.29, 1.82) is 0 Å². The quantitative estimate of drug-likeness (QED) is 0.0423. The van der Waals surface area contributed by atoms with E-state index in [1.54, 1.807) is 0 Å². The van der Waals surface area contributed by atoms with E-state index in [2.05, 4.69) is 48.5 Å². The van der Waals surface area contributed by atoms with Crippen LogP contribution in [0.3, 0.4) is 0 Å². The molecule has 4 rings (SSSR count). The summed E-state index contributed by atoms with van der Waals surface area (Å²) in [6, 6.07) is 40.6. The van der Waals surface area contributed by atoms with Gasteiger partial charge in [-0.1, -0.05) is 121 Å². The molecular weight excluding hydrogens is 689 g/mol. The Morgan fingerprint density at radius 3 is 0.846 bits per heavy atom. The summed E-state index contributed by atoms with van der Waals surface area (Å²) in [7, 11) is -7.19. The van der Waals surface area contributed by atoms with Gasteiger partial charge in [-0.05, 0) is 77.6 Å². The minimum Gasteiger partial charge on any atom is -0.373 e. The molecule has 10 heteroatoms. The van der Waals surface area contributed by atoms with E-state index < -0.39 is 39.9 Å². The second-order valence-electron chi connectivity index (χ2n) is 12.6. The maximum atomic E-state index is 7.18. The lowest BCUT2D eigenvalue weighted by Gasteiger charge is -2.48. The summed E-state index contributed by atoms with van der Waals surface area (Å²) in [6.45, 7) is 18.2.